The predicted octanol–water partition coefficient (Wildman–Crippen LogP) is 3.94. The monoisotopic (exact) mass is 540 g/mol. The lowest BCUT2D eigenvalue weighted by Crippen LogP contribution is -2.08. The summed E-state index contributed by atoms with van der Waals surface area (Å²) in [6, 6.07) is 7.54. The van der Waals surface area contributed by atoms with Crippen molar-refractivity contribution in [3.8, 4) is 23.0 Å². The number of hydrogen-bond acceptors (Lipinski definition) is 10. The fourth-order valence-corrected chi connectivity index (χ4v) is 3.83. The van der Waals surface area contributed by atoms with E-state index in [1.54, 1.807) is 0 Å². The van der Waals surface area contributed by atoms with Crippen LogP contribution in [0.5, 0.6) is 23.0 Å². The smallest absolute Gasteiger partial charge is 0.371 e. The number of carboxylic acids is 2. The Morgan fingerprint density at radius 3 is 1.41 bits per heavy atom. The molecular weight excluding hydrogens is 516 g/mol. The van der Waals surface area contributed by atoms with E-state index in [-0.39, 0.29) is 21.9 Å². The summed E-state index contributed by atoms with van der Waals surface area (Å²) in [7, 11) is 2.83. The molecule has 2 aromatic carbocycles. The minimum atomic E-state index is -1.35. The zero-order valence-electron chi connectivity index (χ0n) is 21.0. The summed E-state index contributed by atoms with van der Waals surface area (Å²) in [6.45, 7) is 0.624. The molecule has 4 aromatic rings. The van der Waals surface area contributed by atoms with E-state index in [1.165, 1.54) is 38.5 Å². The number of fused-ring (bicyclic) bond motifs is 2. The van der Waals surface area contributed by atoms with E-state index in [2.05, 4.69) is 0 Å². The molecule has 0 saturated carbocycles. The van der Waals surface area contributed by atoms with Gasteiger partial charge in [0.2, 0.25) is 11.5 Å². The van der Waals surface area contributed by atoms with Crippen molar-refractivity contribution in [2.24, 2.45) is 0 Å². The Bertz CT molecular complexity index is 1540. The average molecular weight is 540 g/mol. The van der Waals surface area contributed by atoms with Crippen LogP contribution < -0.4 is 29.8 Å². The fourth-order valence-electron chi connectivity index (χ4n) is 3.83. The van der Waals surface area contributed by atoms with Crippen molar-refractivity contribution in [1.82, 2.24) is 0 Å². The standard InChI is InChI=1S/C27H24O12/c1-34-20-12-18-14(16(28)10-24(38-18)26(30)31)8-22(20)36-6-4-3-5-7-37-23-9-15-17(29)11-25(27(32)33)39-19(15)13-21(23)35-2/h8-13H,3-7H2,1-2H3,(H,30,31)(H,32,33). The van der Waals surface area contributed by atoms with Crippen LogP contribution in [0.2, 0.25) is 0 Å². The van der Waals surface area contributed by atoms with Gasteiger partial charge in [-0.2, -0.15) is 0 Å². The lowest BCUT2D eigenvalue weighted by Gasteiger charge is -2.13. The molecule has 0 spiro atoms. The SMILES string of the molecule is COc1cc2oc(C(=O)O)cc(=O)c2cc1OCCCCCOc1cc2c(=O)cc(C(=O)O)oc2cc1OC. The molecular formula is C27H24O12. The number of unbranched alkanes of at least 4 members (excludes halogenated alkanes) is 2. The van der Waals surface area contributed by atoms with Gasteiger partial charge >= 0.3 is 11.9 Å². The lowest BCUT2D eigenvalue weighted by molar-refractivity contribution is 0.0653. The van der Waals surface area contributed by atoms with Crippen LogP contribution in [0.3, 0.4) is 0 Å². The Morgan fingerprint density at radius 1 is 0.641 bits per heavy atom. The molecule has 204 valence electrons. The maximum Gasteiger partial charge on any atom is 0.371 e. The number of carboxylic acid groups (broad SMARTS) is 2. The second kappa shape index (κ2) is 11.6. The molecule has 2 N–H and O–H groups in total. The molecule has 2 aromatic heterocycles. The van der Waals surface area contributed by atoms with Crippen LogP contribution in [0, 0.1) is 0 Å². The predicted molar refractivity (Wildman–Crippen MR) is 137 cm³/mol. The third-order valence-corrected chi connectivity index (χ3v) is 5.75. The Morgan fingerprint density at radius 2 is 1.05 bits per heavy atom. The first kappa shape index (κ1) is 27.0. The van der Waals surface area contributed by atoms with E-state index >= 15 is 0 Å². The van der Waals surface area contributed by atoms with E-state index in [0.717, 1.165) is 18.6 Å². The second-order valence-electron chi connectivity index (χ2n) is 8.32. The Balaban J connectivity index is 1.34. The molecule has 4 rings (SSSR count). The van der Waals surface area contributed by atoms with Crippen LogP contribution in [0.4, 0.5) is 0 Å². The van der Waals surface area contributed by atoms with Crippen molar-refractivity contribution < 1.29 is 47.6 Å². The van der Waals surface area contributed by atoms with E-state index in [1.807, 2.05) is 0 Å². The molecule has 0 saturated heterocycles. The van der Waals surface area contributed by atoms with Gasteiger partial charge in [0.1, 0.15) is 11.2 Å². The molecule has 39 heavy (non-hydrogen) atoms. The average Bonchev–Trinajstić information content (AvgIpc) is 2.91. The molecule has 0 fully saturated rings. The third-order valence-electron chi connectivity index (χ3n) is 5.75. The number of ether oxygens (including phenoxy) is 4. The van der Waals surface area contributed by atoms with Gasteiger partial charge in [0, 0.05) is 24.3 Å². The van der Waals surface area contributed by atoms with Crippen molar-refractivity contribution in [3.63, 3.8) is 0 Å². The first-order chi connectivity index (χ1) is 18.7. The normalized spacial score (nSPS) is 10.9. The van der Waals surface area contributed by atoms with E-state index in [0.29, 0.717) is 49.1 Å². The first-order valence-corrected chi connectivity index (χ1v) is 11.8. The minimum absolute atomic E-state index is 0.0745. The van der Waals surface area contributed by atoms with Gasteiger partial charge in [0.05, 0.1) is 38.2 Å². The van der Waals surface area contributed by atoms with Crippen LogP contribution in [0.15, 0.2) is 54.8 Å². The van der Waals surface area contributed by atoms with Gasteiger partial charge in [-0.3, -0.25) is 9.59 Å². The number of benzene rings is 2. The van der Waals surface area contributed by atoms with Crippen LogP contribution >= 0.6 is 0 Å². The lowest BCUT2D eigenvalue weighted by atomic mass is 10.2. The highest BCUT2D eigenvalue weighted by Crippen LogP contribution is 2.33. The van der Waals surface area contributed by atoms with Crippen molar-refractivity contribution >= 4 is 33.9 Å². The number of aromatic carboxylic acids is 2. The number of hydrogen-bond donors (Lipinski definition) is 2. The molecule has 2 heterocycles. The maximum absolute atomic E-state index is 12.3. The first-order valence-electron chi connectivity index (χ1n) is 11.8. The molecule has 12 heteroatoms. The van der Waals surface area contributed by atoms with E-state index in [4.69, 9.17) is 38.0 Å². The summed E-state index contributed by atoms with van der Waals surface area (Å²) in [5.41, 5.74) is -0.874. The molecule has 0 aliphatic heterocycles. The number of rotatable bonds is 12. The topological polar surface area (TPSA) is 172 Å². The van der Waals surface area contributed by atoms with Gasteiger partial charge in [-0.15, -0.1) is 0 Å². The molecule has 0 radical (unpaired) electrons. The highest BCUT2D eigenvalue weighted by molar-refractivity contribution is 5.89. The van der Waals surface area contributed by atoms with Crippen molar-refractivity contribution in [1.29, 1.82) is 0 Å². The van der Waals surface area contributed by atoms with Gasteiger partial charge in [-0.05, 0) is 31.4 Å². The molecule has 0 aliphatic carbocycles. The Kier molecular flexibility index (Phi) is 8.04. The summed E-state index contributed by atoms with van der Waals surface area (Å²) >= 11 is 0. The van der Waals surface area contributed by atoms with Crippen molar-refractivity contribution in [3.05, 3.63) is 68.4 Å². The summed E-state index contributed by atoms with van der Waals surface area (Å²) in [4.78, 5) is 46.9. The molecule has 0 unspecified atom stereocenters. The summed E-state index contributed by atoms with van der Waals surface area (Å²) in [6.07, 6.45) is 2.01. The van der Waals surface area contributed by atoms with Crippen LogP contribution in [-0.4, -0.2) is 49.6 Å². The fraction of sp³-hybridized carbons (Fsp3) is 0.259. The van der Waals surface area contributed by atoms with E-state index in [9.17, 15) is 19.2 Å². The van der Waals surface area contributed by atoms with Gasteiger partial charge in [-0.25, -0.2) is 9.59 Å². The molecule has 0 atom stereocenters. The van der Waals surface area contributed by atoms with Crippen LogP contribution in [0.1, 0.15) is 40.4 Å². The van der Waals surface area contributed by atoms with Crippen LogP contribution in [0.25, 0.3) is 21.9 Å². The zero-order valence-corrected chi connectivity index (χ0v) is 21.0. The van der Waals surface area contributed by atoms with Gasteiger partial charge in [0.15, 0.2) is 33.9 Å². The summed E-state index contributed by atoms with van der Waals surface area (Å²) in [5, 5.41) is 18.5. The highest BCUT2D eigenvalue weighted by atomic mass is 16.5. The summed E-state index contributed by atoms with van der Waals surface area (Å²) in [5.74, 6) is -2.41. The highest BCUT2D eigenvalue weighted by Gasteiger charge is 2.16. The minimum Gasteiger partial charge on any atom is -0.493 e. The molecule has 0 amide bonds. The zero-order chi connectivity index (χ0) is 28.1. The largest absolute Gasteiger partial charge is 0.493 e. The van der Waals surface area contributed by atoms with Gasteiger partial charge in [0.25, 0.3) is 0 Å². The van der Waals surface area contributed by atoms with Crippen LogP contribution in [-0.2, 0) is 0 Å². The molecule has 0 bridgehead atoms. The number of methoxy groups -OCH3 is 2. The Labute approximate surface area is 219 Å². The molecule has 0 aliphatic rings. The van der Waals surface area contributed by atoms with Crippen molar-refractivity contribution in [2.45, 2.75) is 19.3 Å². The maximum atomic E-state index is 12.3. The van der Waals surface area contributed by atoms with Crippen molar-refractivity contribution in [2.75, 3.05) is 27.4 Å². The quantitative estimate of drug-likeness (QED) is 0.248. The van der Waals surface area contributed by atoms with E-state index < -0.39 is 34.3 Å². The molecule has 12 nitrogen and oxygen atoms in total. The summed E-state index contributed by atoms with van der Waals surface area (Å²) < 4.78 is 32.7. The van der Waals surface area contributed by atoms with Gasteiger partial charge < -0.3 is 38.0 Å². The van der Waals surface area contributed by atoms with Gasteiger partial charge in [-0.1, -0.05) is 0 Å². The Hall–Kier alpha value is -5.00. The second-order valence-corrected chi connectivity index (χ2v) is 8.32. The number of carbonyl (C=O) groups is 2. The third kappa shape index (κ3) is 5.95.